The van der Waals surface area contributed by atoms with Crippen LogP contribution in [0.5, 0.6) is 0 Å². The number of halogens is 2. The molecule has 1 N–H and O–H groups in total. The molecule has 21 heavy (non-hydrogen) atoms. The summed E-state index contributed by atoms with van der Waals surface area (Å²) in [6, 6.07) is 11.5. The SMILES string of the molecule is Fc1cccc(CNc2ccc(-n3nccn3)cc2)c1F. The molecule has 0 aliphatic rings. The number of hydrogen-bond acceptors (Lipinski definition) is 3. The maximum Gasteiger partial charge on any atom is 0.163 e. The van der Waals surface area contributed by atoms with E-state index in [0.29, 0.717) is 0 Å². The second kappa shape index (κ2) is 5.70. The summed E-state index contributed by atoms with van der Waals surface area (Å²) in [6.07, 6.45) is 3.19. The smallest absolute Gasteiger partial charge is 0.163 e. The largest absolute Gasteiger partial charge is 0.381 e. The van der Waals surface area contributed by atoms with Crippen LogP contribution in [0.15, 0.2) is 54.9 Å². The van der Waals surface area contributed by atoms with Gasteiger partial charge >= 0.3 is 0 Å². The molecule has 0 atom stereocenters. The Morgan fingerprint density at radius 2 is 1.67 bits per heavy atom. The van der Waals surface area contributed by atoms with E-state index in [4.69, 9.17) is 0 Å². The lowest BCUT2D eigenvalue weighted by molar-refractivity contribution is 0.500. The third-order valence-electron chi connectivity index (χ3n) is 3.03. The summed E-state index contributed by atoms with van der Waals surface area (Å²) in [5, 5.41) is 11.1. The summed E-state index contributed by atoms with van der Waals surface area (Å²) in [7, 11) is 0. The van der Waals surface area contributed by atoms with E-state index in [1.807, 2.05) is 24.3 Å². The van der Waals surface area contributed by atoms with Crippen molar-refractivity contribution in [3.05, 3.63) is 72.1 Å². The Morgan fingerprint density at radius 1 is 0.952 bits per heavy atom. The van der Waals surface area contributed by atoms with Crippen LogP contribution < -0.4 is 5.32 Å². The van der Waals surface area contributed by atoms with Crippen LogP contribution in [0.4, 0.5) is 14.5 Å². The van der Waals surface area contributed by atoms with E-state index < -0.39 is 11.6 Å². The Bertz CT molecular complexity index is 724. The van der Waals surface area contributed by atoms with Gasteiger partial charge in [0.1, 0.15) is 0 Å². The van der Waals surface area contributed by atoms with Gasteiger partial charge in [-0.2, -0.15) is 15.0 Å². The third kappa shape index (κ3) is 2.89. The lowest BCUT2D eigenvalue weighted by atomic mass is 10.2. The first-order valence-electron chi connectivity index (χ1n) is 6.37. The van der Waals surface area contributed by atoms with Crippen molar-refractivity contribution in [3.8, 4) is 5.69 Å². The fraction of sp³-hybridized carbons (Fsp3) is 0.0667. The first-order valence-corrected chi connectivity index (χ1v) is 6.37. The van der Waals surface area contributed by atoms with Gasteiger partial charge in [-0.3, -0.25) is 0 Å². The van der Waals surface area contributed by atoms with Crippen LogP contribution in [0.3, 0.4) is 0 Å². The highest BCUT2D eigenvalue weighted by Gasteiger charge is 2.07. The predicted molar refractivity (Wildman–Crippen MR) is 75.0 cm³/mol. The summed E-state index contributed by atoms with van der Waals surface area (Å²) in [5.74, 6) is -1.66. The number of anilines is 1. The van der Waals surface area contributed by atoms with Gasteiger partial charge in [-0.1, -0.05) is 12.1 Å². The minimum Gasteiger partial charge on any atom is -0.381 e. The molecular weight excluding hydrogens is 274 g/mol. The summed E-state index contributed by atoms with van der Waals surface area (Å²) in [4.78, 5) is 1.50. The third-order valence-corrected chi connectivity index (χ3v) is 3.03. The lowest BCUT2D eigenvalue weighted by Gasteiger charge is -2.08. The second-order valence-corrected chi connectivity index (χ2v) is 4.43. The van der Waals surface area contributed by atoms with Crippen molar-refractivity contribution in [2.45, 2.75) is 6.54 Å². The van der Waals surface area contributed by atoms with E-state index in [1.54, 1.807) is 18.5 Å². The standard InChI is InChI=1S/C15H12F2N4/c16-14-3-1-2-11(15(14)17)10-18-12-4-6-13(7-5-12)21-19-8-9-20-21/h1-9,18H,10H2. The van der Waals surface area contributed by atoms with Crippen LogP contribution in [0.2, 0.25) is 0 Å². The first kappa shape index (κ1) is 13.2. The molecule has 1 heterocycles. The Balaban J connectivity index is 1.70. The van der Waals surface area contributed by atoms with E-state index in [2.05, 4.69) is 15.5 Å². The van der Waals surface area contributed by atoms with Crippen molar-refractivity contribution >= 4 is 5.69 Å². The fourth-order valence-corrected chi connectivity index (χ4v) is 1.94. The minimum atomic E-state index is -0.839. The molecule has 0 radical (unpaired) electrons. The van der Waals surface area contributed by atoms with Crippen molar-refractivity contribution in [3.63, 3.8) is 0 Å². The molecule has 1 aromatic heterocycles. The van der Waals surface area contributed by atoms with E-state index in [9.17, 15) is 8.78 Å². The Morgan fingerprint density at radius 3 is 2.38 bits per heavy atom. The van der Waals surface area contributed by atoms with Crippen molar-refractivity contribution in [1.29, 1.82) is 0 Å². The number of nitrogens with zero attached hydrogens (tertiary/aromatic N) is 3. The highest BCUT2D eigenvalue weighted by atomic mass is 19.2. The normalized spacial score (nSPS) is 10.6. The van der Waals surface area contributed by atoms with Gasteiger partial charge in [-0.25, -0.2) is 8.78 Å². The fourth-order valence-electron chi connectivity index (χ4n) is 1.94. The lowest BCUT2D eigenvalue weighted by Crippen LogP contribution is -2.04. The van der Waals surface area contributed by atoms with Crippen molar-refractivity contribution in [2.24, 2.45) is 0 Å². The average Bonchev–Trinajstić information content (AvgIpc) is 3.04. The number of rotatable bonds is 4. The van der Waals surface area contributed by atoms with Crippen molar-refractivity contribution in [1.82, 2.24) is 15.0 Å². The molecule has 6 heteroatoms. The molecule has 2 aromatic carbocycles. The van der Waals surface area contributed by atoms with Crippen molar-refractivity contribution in [2.75, 3.05) is 5.32 Å². The summed E-state index contributed by atoms with van der Waals surface area (Å²) in [5.41, 5.74) is 1.91. The van der Waals surface area contributed by atoms with Gasteiger partial charge in [-0.15, -0.1) is 0 Å². The van der Waals surface area contributed by atoms with Gasteiger partial charge in [0.05, 0.1) is 18.1 Å². The maximum absolute atomic E-state index is 13.5. The topological polar surface area (TPSA) is 42.7 Å². The van der Waals surface area contributed by atoms with Crippen LogP contribution in [0, 0.1) is 11.6 Å². The molecule has 0 aliphatic heterocycles. The molecule has 3 rings (SSSR count). The monoisotopic (exact) mass is 286 g/mol. The molecule has 3 aromatic rings. The number of hydrogen-bond donors (Lipinski definition) is 1. The molecule has 4 nitrogen and oxygen atoms in total. The van der Waals surface area contributed by atoms with Gasteiger partial charge in [0.25, 0.3) is 0 Å². The molecule has 0 unspecified atom stereocenters. The maximum atomic E-state index is 13.5. The Hall–Kier alpha value is -2.76. The Labute approximate surface area is 120 Å². The minimum absolute atomic E-state index is 0.211. The molecule has 0 fully saturated rings. The van der Waals surface area contributed by atoms with E-state index >= 15 is 0 Å². The molecule has 0 bridgehead atoms. The van der Waals surface area contributed by atoms with E-state index in [-0.39, 0.29) is 12.1 Å². The zero-order valence-corrected chi connectivity index (χ0v) is 11.0. The molecule has 0 aliphatic carbocycles. The number of aromatic nitrogens is 3. The highest BCUT2D eigenvalue weighted by molar-refractivity contribution is 5.48. The van der Waals surface area contributed by atoms with Gasteiger partial charge < -0.3 is 5.32 Å². The zero-order chi connectivity index (χ0) is 14.7. The molecular formula is C15H12F2N4. The van der Waals surface area contributed by atoms with Crippen LogP contribution in [0.1, 0.15) is 5.56 Å². The summed E-state index contributed by atoms with van der Waals surface area (Å²) < 4.78 is 26.6. The first-order chi connectivity index (χ1) is 10.2. The van der Waals surface area contributed by atoms with Gasteiger partial charge in [0.2, 0.25) is 0 Å². The molecule has 0 amide bonds. The molecule has 0 saturated carbocycles. The molecule has 0 spiro atoms. The Kier molecular flexibility index (Phi) is 3.59. The van der Waals surface area contributed by atoms with Crippen molar-refractivity contribution < 1.29 is 8.78 Å². The summed E-state index contributed by atoms with van der Waals surface area (Å²) >= 11 is 0. The van der Waals surface area contributed by atoms with Gasteiger partial charge in [-0.05, 0) is 30.3 Å². The van der Waals surface area contributed by atoms with Gasteiger partial charge in [0.15, 0.2) is 11.6 Å². The zero-order valence-electron chi connectivity index (χ0n) is 11.0. The van der Waals surface area contributed by atoms with E-state index in [0.717, 1.165) is 17.4 Å². The van der Waals surface area contributed by atoms with Crippen LogP contribution in [0.25, 0.3) is 5.69 Å². The van der Waals surface area contributed by atoms with E-state index in [1.165, 1.54) is 10.9 Å². The van der Waals surface area contributed by atoms with Gasteiger partial charge in [0, 0.05) is 17.8 Å². The summed E-state index contributed by atoms with van der Waals surface area (Å²) in [6.45, 7) is 0.211. The molecule has 106 valence electrons. The second-order valence-electron chi connectivity index (χ2n) is 4.43. The average molecular weight is 286 g/mol. The van der Waals surface area contributed by atoms with Crippen LogP contribution >= 0.6 is 0 Å². The number of benzene rings is 2. The highest BCUT2D eigenvalue weighted by Crippen LogP contribution is 2.15. The molecule has 0 saturated heterocycles. The predicted octanol–water partition coefficient (Wildman–Crippen LogP) is 3.16. The quantitative estimate of drug-likeness (QED) is 0.801. The van der Waals surface area contributed by atoms with Crippen LogP contribution in [-0.2, 0) is 6.54 Å². The number of nitrogens with one attached hydrogen (secondary N) is 1. The van der Waals surface area contributed by atoms with Crippen LogP contribution in [-0.4, -0.2) is 15.0 Å².